The first-order valence-corrected chi connectivity index (χ1v) is 8.61. The lowest BCUT2D eigenvalue weighted by Gasteiger charge is -2.04. The number of thioether (sulfide) groups is 1. The maximum absolute atomic E-state index is 5.81. The summed E-state index contributed by atoms with van der Waals surface area (Å²) in [4.78, 5) is 0. The number of rotatable bonds is 4. The lowest BCUT2D eigenvalue weighted by molar-refractivity contribution is 0.466. The van der Waals surface area contributed by atoms with E-state index in [4.69, 9.17) is 4.42 Å². The maximum atomic E-state index is 5.81. The van der Waals surface area contributed by atoms with Crippen LogP contribution in [0.1, 0.15) is 27.8 Å². The van der Waals surface area contributed by atoms with Gasteiger partial charge in [-0.15, -0.1) is 10.2 Å². The molecule has 3 aromatic rings. The van der Waals surface area contributed by atoms with Gasteiger partial charge in [-0.05, 0) is 51.0 Å². The molecule has 0 fully saturated rings. The molecule has 0 aliphatic carbocycles. The Hall–Kier alpha value is -2.07. The molecule has 23 heavy (non-hydrogen) atoms. The molecule has 0 bridgehead atoms. The van der Waals surface area contributed by atoms with Crippen molar-refractivity contribution in [3.05, 3.63) is 64.2 Å². The minimum Gasteiger partial charge on any atom is -0.411 e. The third-order valence-electron chi connectivity index (χ3n) is 3.73. The average molecular weight is 324 g/mol. The van der Waals surface area contributed by atoms with Gasteiger partial charge in [0.1, 0.15) is 0 Å². The Morgan fingerprint density at radius 3 is 2.35 bits per heavy atom. The number of aryl methyl sites for hydroxylation is 4. The molecular formula is C19H20N2OS. The molecule has 3 rings (SSSR count). The fourth-order valence-corrected chi connectivity index (χ4v) is 3.40. The van der Waals surface area contributed by atoms with Crippen molar-refractivity contribution in [3.63, 3.8) is 0 Å². The predicted molar refractivity (Wildman–Crippen MR) is 94.7 cm³/mol. The molecule has 1 heterocycles. The van der Waals surface area contributed by atoms with Crippen LogP contribution in [0.2, 0.25) is 0 Å². The monoisotopic (exact) mass is 324 g/mol. The minimum absolute atomic E-state index is 0.584. The van der Waals surface area contributed by atoms with Gasteiger partial charge in [0.15, 0.2) is 0 Å². The number of hydrogen-bond acceptors (Lipinski definition) is 4. The molecule has 118 valence electrons. The van der Waals surface area contributed by atoms with Crippen LogP contribution in [0.5, 0.6) is 0 Å². The quantitative estimate of drug-likeness (QED) is 0.613. The van der Waals surface area contributed by atoms with Crippen LogP contribution >= 0.6 is 11.8 Å². The van der Waals surface area contributed by atoms with Gasteiger partial charge in [-0.2, -0.15) is 0 Å². The van der Waals surface area contributed by atoms with Gasteiger partial charge < -0.3 is 4.42 Å². The van der Waals surface area contributed by atoms with Crippen molar-refractivity contribution in [3.8, 4) is 11.5 Å². The molecule has 0 radical (unpaired) electrons. The van der Waals surface area contributed by atoms with E-state index in [9.17, 15) is 0 Å². The van der Waals surface area contributed by atoms with E-state index in [0.717, 1.165) is 11.3 Å². The summed E-state index contributed by atoms with van der Waals surface area (Å²) in [6.45, 7) is 8.38. The molecule has 0 aliphatic rings. The summed E-state index contributed by atoms with van der Waals surface area (Å²) in [6, 6.07) is 12.8. The minimum atomic E-state index is 0.584. The number of aromatic nitrogens is 2. The zero-order valence-electron chi connectivity index (χ0n) is 13.9. The Morgan fingerprint density at radius 1 is 0.870 bits per heavy atom. The summed E-state index contributed by atoms with van der Waals surface area (Å²) in [5.41, 5.74) is 7.24. The molecule has 0 atom stereocenters. The van der Waals surface area contributed by atoms with Crippen molar-refractivity contribution in [2.75, 3.05) is 0 Å². The highest BCUT2D eigenvalue weighted by Crippen LogP contribution is 2.27. The van der Waals surface area contributed by atoms with Crippen LogP contribution in [0.25, 0.3) is 11.5 Å². The van der Waals surface area contributed by atoms with Crippen LogP contribution in [0.3, 0.4) is 0 Å². The molecule has 1 aromatic heterocycles. The van der Waals surface area contributed by atoms with Crippen molar-refractivity contribution in [1.29, 1.82) is 0 Å². The van der Waals surface area contributed by atoms with Gasteiger partial charge in [0, 0.05) is 11.3 Å². The fraction of sp³-hybridized carbons (Fsp3) is 0.263. The highest BCUT2D eigenvalue weighted by atomic mass is 32.2. The molecule has 0 amide bonds. The van der Waals surface area contributed by atoms with Crippen molar-refractivity contribution in [2.45, 2.75) is 38.7 Å². The highest BCUT2D eigenvalue weighted by Gasteiger charge is 2.11. The van der Waals surface area contributed by atoms with Crippen LogP contribution in [0.4, 0.5) is 0 Å². The molecule has 3 nitrogen and oxygen atoms in total. The zero-order valence-corrected chi connectivity index (χ0v) is 14.7. The normalized spacial score (nSPS) is 11.0. The number of nitrogens with zero attached hydrogens (tertiary/aromatic N) is 2. The Balaban J connectivity index is 1.76. The molecule has 2 aromatic carbocycles. The van der Waals surface area contributed by atoms with Gasteiger partial charge in [0.05, 0.1) is 0 Å². The topological polar surface area (TPSA) is 38.9 Å². The lowest BCUT2D eigenvalue weighted by Crippen LogP contribution is -1.87. The summed E-state index contributed by atoms with van der Waals surface area (Å²) < 4.78 is 5.81. The maximum Gasteiger partial charge on any atom is 0.277 e. The van der Waals surface area contributed by atoms with E-state index in [-0.39, 0.29) is 0 Å². The van der Waals surface area contributed by atoms with Crippen molar-refractivity contribution >= 4 is 11.8 Å². The summed E-state index contributed by atoms with van der Waals surface area (Å²) in [7, 11) is 0. The van der Waals surface area contributed by atoms with E-state index < -0.39 is 0 Å². The lowest BCUT2D eigenvalue weighted by atomic mass is 10.1. The third kappa shape index (κ3) is 3.82. The summed E-state index contributed by atoms with van der Waals surface area (Å²) in [5.74, 6) is 1.42. The Labute approximate surface area is 141 Å². The van der Waals surface area contributed by atoms with Crippen LogP contribution in [0.15, 0.2) is 46.0 Å². The van der Waals surface area contributed by atoms with E-state index in [0.29, 0.717) is 11.1 Å². The molecule has 0 unspecified atom stereocenters. The van der Waals surface area contributed by atoms with Gasteiger partial charge in [-0.1, -0.05) is 52.7 Å². The Morgan fingerprint density at radius 2 is 1.61 bits per heavy atom. The molecule has 0 saturated carbocycles. The Kier molecular flexibility index (Phi) is 4.53. The van der Waals surface area contributed by atoms with Crippen LogP contribution in [-0.4, -0.2) is 10.2 Å². The van der Waals surface area contributed by atoms with Crippen LogP contribution in [0, 0.1) is 27.7 Å². The summed E-state index contributed by atoms with van der Waals surface area (Å²) >= 11 is 1.58. The summed E-state index contributed by atoms with van der Waals surface area (Å²) in [6.07, 6.45) is 0. The van der Waals surface area contributed by atoms with E-state index in [1.165, 1.54) is 27.8 Å². The van der Waals surface area contributed by atoms with Gasteiger partial charge in [-0.25, -0.2) is 0 Å². The van der Waals surface area contributed by atoms with Crippen molar-refractivity contribution < 1.29 is 4.42 Å². The highest BCUT2D eigenvalue weighted by molar-refractivity contribution is 7.98. The van der Waals surface area contributed by atoms with Crippen molar-refractivity contribution in [2.24, 2.45) is 0 Å². The SMILES string of the molecule is Cc1cc(C)cc(-c2nnc(SCc3cc(C)ccc3C)o2)c1. The molecule has 0 N–H and O–H groups in total. The van der Waals surface area contributed by atoms with E-state index in [1.807, 2.05) is 0 Å². The fourth-order valence-electron chi connectivity index (χ4n) is 2.58. The van der Waals surface area contributed by atoms with Crippen molar-refractivity contribution in [1.82, 2.24) is 10.2 Å². The number of benzene rings is 2. The smallest absolute Gasteiger partial charge is 0.277 e. The molecule has 4 heteroatoms. The van der Waals surface area contributed by atoms with E-state index in [2.05, 4.69) is 74.3 Å². The van der Waals surface area contributed by atoms with E-state index in [1.54, 1.807) is 11.8 Å². The molecule has 0 saturated heterocycles. The van der Waals surface area contributed by atoms with Crippen LogP contribution < -0.4 is 0 Å². The second-order valence-electron chi connectivity index (χ2n) is 5.97. The molecular weight excluding hydrogens is 304 g/mol. The van der Waals surface area contributed by atoms with Crippen LogP contribution in [-0.2, 0) is 5.75 Å². The summed E-state index contributed by atoms with van der Waals surface area (Å²) in [5, 5.41) is 8.96. The second kappa shape index (κ2) is 6.59. The van der Waals surface area contributed by atoms with Gasteiger partial charge >= 0.3 is 0 Å². The standard InChI is InChI=1S/C19H20N2OS/c1-12-5-6-15(4)17(8-12)11-23-19-21-20-18(22-19)16-9-13(2)7-14(3)10-16/h5-10H,11H2,1-4H3. The average Bonchev–Trinajstić information content (AvgIpc) is 2.96. The first-order valence-electron chi connectivity index (χ1n) is 7.62. The first-order chi connectivity index (χ1) is 11.0. The number of hydrogen-bond donors (Lipinski definition) is 0. The zero-order chi connectivity index (χ0) is 16.4. The first kappa shape index (κ1) is 15.8. The van der Waals surface area contributed by atoms with Gasteiger partial charge in [0.25, 0.3) is 5.22 Å². The van der Waals surface area contributed by atoms with Gasteiger partial charge in [-0.3, -0.25) is 0 Å². The van der Waals surface area contributed by atoms with Gasteiger partial charge in [0.2, 0.25) is 5.89 Å². The third-order valence-corrected chi connectivity index (χ3v) is 4.60. The Bertz CT molecular complexity index is 819. The molecule has 0 spiro atoms. The largest absolute Gasteiger partial charge is 0.411 e. The molecule has 0 aliphatic heterocycles. The second-order valence-corrected chi connectivity index (χ2v) is 6.89. The van der Waals surface area contributed by atoms with E-state index >= 15 is 0 Å². The predicted octanol–water partition coefficient (Wildman–Crippen LogP) is 5.26.